The second kappa shape index (κ2) is 12.3. The minimum atomic E-state index is -1.69. The summed E-state index contributed by atoms with van der Waals surface area (Å²) in [5, 5.41) is 19.7. The van der Waals surface area contributed by atoms with Crippen molar-refractivity contribution in [2.75, 3.05) is 20.3 Å². The Morgan fingerprint density at radius 3 is 2.62 bits per heavy atom. The number of aromatic amines is 1. The van der Waals surface area contributed by atoms with E-state index >= 15 is 0 Å². The van der Waals surface area contributed by atoms with E-state index in [4.69, 9.17) is 9.47 Å². The zero-order valence-electron chi connectivity index (χ0n) is 24.4. The minimum absolute atomic E-state index is 0.0472. The topological polar surface area (TPSA) is 159 Å². The number of aromatic nitrogens is 1. The van der Waals surface area contributed by atoms with Gasteiger partial charge in [0.05, 0.1) is 7.11 Å². The Hall–Kier alpha value is -3.60. The number of H-pyrrole nitrogens is 1. The number of benzene rings is 1. The van der Waals surface area contributed by atoms with E-state index in [-0.39, 0.29) is 29.5 Å². The summed E-state index contributed by atoms with van der Waals surface area (Å²) < 4.78 is 10.9. The van der Waals surface area contributed by atoms with Crippen molar-refractivity contribution in [2.24, 2.45) is 11.8 Å². The van der Waals surface area contributed by atoms with E-state index in [0.717, 1.165) is 43.0 Å². The van der Waals surface area contributed by atoms with Gasteiger partial charge in [0.2, 0.25) is 11.8 Å². The Balaban J connectivity index is 1.33. The number of ether oxygens (including phenoxy) is 2. The lowest BCUT2D eigenvalue weighted by atomic mass is 9.80. The van der Waals surface area contributed by atoms with Gasteiger partial charge < -0.3 is 35.5 Å². The Morgan fingerprint density at radius 2 is 1.93 bits per heavy atom. The summed E-state index contributed by atoms with van der Waals surface area (Å²) in [5.74, 6) is -2.14. The molecule has 2 saturated heterocycles. The van der Waals surface area contributed by atoms with Gasteiger partial charge >= 0.3 is 5.97 Å². The van der Waals surface area contributed by atoms with Crippen LogP contribution in [0.2, 0.25) is 0 Å². The van der Waals surface area contributed by atoms with Crippen molar-refractivity contribution in [2.45, 2.75) is 88.3 Å². The molecule has 1 spiro atoms. The highest BCUT2D eigenvalue weighted by Crippen LogP contribution is 2.37. The van der Waals surface area contributed by atoms with Gasteiger partial charge in [-0.05, 0) is 63.1 Å². The van der Waals surface area contributed by atoms with Crippen molar-refractivity contribution in [3.05, 3.63) is 30.0 Å². The standard InChI is InChI=1S/C31H42N4O7/c1-30(29(39)40,17-20-18-31(35-26(20)36)11-13-42-14-12-31)34-28(38)23(15-19-7-4-3-5-8-19)33-27(37)24-16-21-22(32-24)9-6-10-25(21)41-2/h6,9-10,16,19-20,23,32H,3-5,7-8,11-15,17-18H2,1-2H3,(H,33,37)(H,34,38)(H,35,36)(H,39,40)/t20?,23-,30?/m0/s1. The maximum Gasteiger partial charge on any atom is 0.329 e. The summed E-state index contributed by atoms with van der Waals surface area (Å²) in [6.45, 7) is 2.54. The second-order valence-electron chi connectivity index (χ2n) is 12.5. The normalized spacial score (nSPS) is 22.7. The largest absolute Gasteiger partial charge is 0.496 e. The average Bonchev–Trinajstić information content (AvgIpc) is 3.54. The van der Waals surface area contributed by atoms with Gasteiger partial charge in [0, 0.05) is 35.6 Å². The maximum atomic E-state index is 13.8. The van der Waals surface area contributed by atoms with Gasteiger partial charge in [-0.2, -0.15) is 0 Å². The Morgan fingerprint density at radius 1 is 1.19 bits per heavy atom. The van der Waals surface area contributed by atoms with Crippen LogP contribution in [-0.4, -0.2) is 71.2 Å². The van der Waals surface area contributed by atoms with Crippen molar-refractivity contribution in [3.63, 3.8) is 0 Å². The fourth-order valence-electron chi connectivity index (χ4n) is 6.93. The first-order valence-corrected chi connectivity index (χ1v) is 15.0. The van der Waals surface area contributed by atoms with Crippen LogP contribution in [0.3, 0.4) is 0 Å². The number of carboxylic acids is 1. The number of carboxylic acid groups (broad SMARTS) is 1. The Labute approximate surface area is 245 Å². The number of nitrogens with one attached hydrogen (secondary N) is 4. The van der Waals surface area contributed by atoms with Gasteiger partial charge in [0.15, 0.2) is 0 Å². The summed E-state index contributed by atoms with van der Waals surface area (Å²) in [6, 6.07) is 6.21. The SMILES string of the molecule is COc1cccc2[nH]c(C(=O)N[C@@H](CC3CCCCC3)C(=O)NC(C)(CC3CC4(CCOCC4)NC3=O)C(=O)O)cc12. The lowest BCUT2D eigenvalue weighted by molar-refractivity contribution is -0.148. The molecule has 1 aromatic heterocycles. The van der Waals surface area contributed by atoms with E-state index in [1.54, 1.807) is 19.2 Å². The number of carbonyl (C=O) groups is 4. The molecule has 3 aliphatic rings. The summed E-state index contributed by atoms with van der Waals surface area (Å²) >= 11 is 0. The first kappa shape index (κ1) is 29.9. The molecule has 2 unspecified atom stereocenters. The molecule has 1 saturated carbocycles. The third-order valence-electron chi connectivity index (χ3n) is 9.38. The van der Waals surface area contributed by atoms with Crippen LogP contribution in [0.4, 0.5) is 0 Å². The van der Waals surface area contributed by atoms with Gasteiger partial charge in [-0.25, -0.2) is 4.79 Å². The monoisotopic (exact) mass is 582 g/mol. The average molecular weight is 583 g/mol. The molecule has 3 amide bonds. The third kappa shape index (κ3) is 6.40. The second-order valence-corrected chi connectivity index (χ2v) is 12.5. The maximum absolute atomic E-state index is 13.8. The molecule has 3 atom stereocenters. The molecule has 11 nitrogen and oxygen atoms in total. The molecule has 3 heterocycles. The van der Waals surface area contributed by atoms with Crippen LogP contribution in [-0.2, 0) is 19.1 Å². The molecular weight excluding hydrogens is 540 g/mol. The predicted molar refractivity (Wildman–Crippen MR) is 155 cm³/mol. The third-order valence-corrected chi connectivity index (χ3v) is 9.38. The van der Waals surface area contributed by atoms with E-state index in [1.807, 2.05) is 12.1 Å². The number of carbonyl (C=O) groups excluding carboxylic acids is 3. The van der Waals surface area contributed by atoms with E-state index in [2.05, 4.69) is 20.9 Å². The molecule has 2 aromatic rings. The van der Waals surface area contributed by atoms with Crippen molar-refractivity contribution in [1.29, 1.82) is 0 Å². The smallest absolute Gasteiger partial charge is 0.329 e. The Bertz CT molecular complexity index is 1330. The van der Waals surface area contributed by atoms with Crippen molar-refractivity contribution < 1.29 is 33.8 Å². The van der Waals surface area contributed by atoms with Crippen LogP contribution in [0.5, 0.6) is 5.75 Å². The molecule has 1 aliphatic carbocycles. The lowest BCUT2D eigenvalue weighted by Gasteiger charge is -2.34. The number of hydrogen-bond acceptors (Lipinski definition) is 6. The molecule has 5 N–H and O–H groups in total. The number of rotatable bonds is 10. The van der Waals surface area contributed by atoms with Crippen molar-refractivity contribution in [1.82, 2.24) is 20.9 Å². The molecule has 5 rings (SSSR count). The first-order valence-electron chi connectivity index (χ1n) is 15.0. The number of hydrogen-bond donors (Lipinski definition) is 5. The van der Waals surface area contributed by atoms with Crippen LogP contribution in [0, 0.1) is 11.8 Å². The summed E-state index contributed by atoms with van der Waals surface area (Å²) in [6.07, 6.45) is 7.39. The fourth-order valence-corrected chi connectivity index (χ4v) is 6.93. The summed E-state index contributed by atoms with van der Waals surface area (Å²) in [7, 11) is 1.56. The summed E-state index contributed by atoms with van der Waals surface area (Å²) in [5.41, 5.74) is -1.08. The highest BCUT2D eigenvalue weighted by atomic mass is 16.5. The zero-order valence-corrected chi connectivity index (χ0v) is 24.4. The highest BCUT2D eigenvalue weighted by molar-refractivity contribution is 6.02. The fraction of sp³-hybridized carbons (Fsp3) is 0.613. The highest BCUT2D eigenvalue weighted by Gasteiger charge is 2.49. The van der Waals surface area contributed by atoms with Gasteiger partial charge in [0.1, 0.15) is 23.0 Å². The van der Waals surface area contributed by atoms with E-state index in [1.165, 1.54) is 6.92 Å². The van der Waals surface area contributed by atoms with Crippen molar-refractivity contribution >= 4 is 34.6 Å². The Kier molecular flexibility index (Phi) is 8.77. The van der Waals surface area contributed by atoms with Crippen LogP contribution < -0.4 is 20.7 Å². The number of methoxy groups -OCH3 is 1. The molecule has 3 fully saturated rings. The molecule has 0 radical (unpaired) electrons. The van der Waals surface area contributed by atoms with E-state index in [0.29, 0.717) is 44.6 Å². The molecule has 0 bridgehead atoms. The lowest BCUT2D eigenvalue weighted by Crippen LogP contribution is -2.59. The molecule has 2 aliphatic heterocycles. The van der Waals surface area contributed by atoms with E-state index < -0.39 is 35.3 Å². The van der Waals surface area contributed by atoms with Gasteiger partial charge in [-0.3, -0.25) is 14.4 Å². The van der Waals surface area contributed by atoms with E-state index in [9.17, 15) is 24.3 Å². The number of aliphatic carboxylic acids is 1. The molecular formula is C31H42N4O7. The number of fused-ring (bicyclic) bond motifs is 1. The molecule has 1 aromatic carbocycles. The number of amides is 3. The van der Waals surface area contributed by atoms with Crippen LogP contribution in [0.15, 0.2) is 24.3 Å². The predicted octanol–water partition coefficient (Wildman–Crippen LogP) is 3.28. The van der Waals surface area contributed by atoms with Crippen LogP contribution >= 0.6 is 0 Å². The zero-order chi connectivity index (χ0) is 29.9. The van der Waals surface area contributed by atoms with Gasteiger partial charge in [-0.15, -0.1) is 0 Å². The summed E-state index contributed by atoms with van der Waals surface area (Å²) in [4.78, 5) is 55.8. The van der Waals surface area contributed by atoms with Crippen LogP contribution in [0.25, 0.3) is 10.9 Å². The minimum Gasteiger partial charge on any atom is -0.496 e. The van der Waals surface area contributed by atoms with Crippen LogP contribution in [0.1, 0.15) is 81.6 Å². The van der Waals surface area contributed by atoms with Crippen molar-refractivity contribution in [3.8, 4) is 5.75 Å². The van der Waals surface area contributed by atoms with Gasteiger partial charge in [0.25, 0.3) is 5.91 Å². The molecule has 228 valence electrons. The molecule has 11 heteroatoms. The first-order chi connectivity index (χ1) is 20.1. The molecule has 42 heavy (non-hydrogen) atoms. The van der Waals surface area contributed by atoms with Gasteiger partial charge in [-0.1, -0.05) is 38.2 Å². The quantitative estimate of drug-likeness (QED) is 0.288.